The molecule has 1 N–H and O–H groups in total. The van der Waals surface area contributed by atoms with Gasteiger partial charge in [0.1, 0.15) is 0 Å². The molecule has 0 saturated carbocycles. The van der Waals surface area contributed by atoms with Crippen LogP contribution in [0.4, 0.5) is 0 Å². The number of carbonyl (C=O) groups excluding carboxylic acids is 1. The highest BCUT2D eigenvalue weighted by Gasteiger charge is 2.12. The number of nitrogens with one attached hydrogen (secondary N) is 1. The Morgan fingerprint density at radius 3 is 2.86 bits per heavy atom. The van der Waals surface area contributed by atoms with Gasteiger partial charge in [-0.1, -0.05) is 31.1 Å². The summed E-state index contributed by atoms with van der Waals surface area (Å²) in [5, 5.41) is 4.60. The van der Waals surface area contributed by atoms with Gasteiger partial charge in [0, 0.05) is 34.8 Å². The Kier molecular flexibility index (Phi) is 3.66. The van der Waals surface area contributed by atoms with Crippen LogP contribution in [0.3, 0.4) is 0 Å². The van der Waals surface area contributed by atoms with E-state index in [2.05, 4.69) is 33.1 Å². The molecular weight excluding hydrogens is 282 g/mol. The maximum atomic E-state index is 11.2. The van der Waals surface area contributed by atoms with Crippen LogP contribution in [0.15, 0.2) is 33.7 Å². The van der Waals surface area contributed by atoms with Crippen LogP contribution in [0.5, 0.6) is 0 Å². The number of aromatic amines is 1. The standard InChI is InChI=1S/C16H17N3O3/c1-10(2)5-6-19-8-12(9-20)13-4-3-11(7-14(13)19)15-17-16(21)22-18-15/h3-4,7-10H,5-6H2,1-2H3,(H,17,18,21). The normalized spacial score (nSPS) is 11.4. The number of carbonyl (C=O) groups is 1. The van der Waals surface area contributed by atoms with Crippen LogP contribution in [-0.4, -0.2) is 21.0 Å². The summed E-state index contributed by atoms with van der Waals surface area (Å²) in [7, 11) is 0. The fourth-order valence-corrected chi connectivity index (χ4v) is 2.50. The van der Waals surface area contributed by atoms with E-state index < -0.39 is 5.76 Å². The predicted octanol–water partition coefficient (Wildman–Crippen LogP) is 2.84. The first-order chi connectivity index (χ1) is 10.6. The molecule has 0 aliphatic rings. The number of H-pyrrole nitrogens is 1. The second-order valence-corrected chi connectivity index (χ2v) is 5.75. The third kappa shape index (κ3) is 2.59. The van der Waals surface area contributed by atoms with Gasteiger partial charge in [-0.3, -0.25) is 14.3 Å². The maximum Gasteiger partial charge on any atom is 0.439 e. The van der Waals surface area contributed by atoms with Gasteiger partial charge in [-0.15, -0.1) is 0 Å². The summed E-state index contributed by atoms with van der Waals surface area (Å²) in [5.74, 6) is 0.377. The van der Waals surface area contributed by atoms with Gasteiger partial charge in [-0.25, -0.2) is 4.79 Å². The fraction of sp³-hybridized carbons (Fsp3) is 0.312. The van der Waals surface area contributed by atoms with Crippen LogP contribution in [-0.2, 0) is 6.54 Å². The molecule has 0 saturated heterocycles. The molecule has 0 spiro atoms. The van der Waals surface area contributed by atoms with Gasteiger partial charge >= 0.3 is 5.76 Å². The fourth-order valence-electron chi connectivity index (χ4n) is 2.50. The molecule has 0 atom stereocenters. The Morgan fingerprint density at radius 2 is 2.23 bits per heavy atom. The number of rotatable bonds is 5. The minimum Gasteiger partial charge on any atom is -0.347 e. The number of aromatic nitrogens is 3. The molecule has 0 bridgehead atoms. The third-order valence-corrected chi connectivity index (χ3v) is 3.70. The summed E-state index contributed by atoms with van der Waals surface area (Å²) < 4.78 is 6.61. The lowest BCUT2D eigenvalue weighted by Crippen LogP contribution is -2.00. The predicted molar refractivity (Wildman–Crippen MR) is 82.9 cm³/mol. The minimum atomic E-state index is -0.584. The quantitative estimate of drug-likeness (QED) is 0.734. The van der Waals surface area contributed by atoms with E-state index in [-0.39, 0.29) is 0 Å². The number of hydrogen-bond donors (Lipinski definition) is 1. The van der Waals surface area contributed by atoms with Crippen molar-refractivity contribution >= 4 is 17.2 Å². The van der Waals surface area contributed by atoms with Gasteiger partial charge in [0.25, 0.3) is 0 Å². The second-order valence-electron chi connectivity index (χ2n) is 5.75. The molecule has 2 heterocycles. The summed E-state index contributed by atoms with van der Waals surface area (Å²) in [6.07, 6.45) is 3.76. The van der Waals surface area contributed by atoms with Gasteiger partial charge in [0.05, 0.1) is 0 Å². The van der Waals surface area contributed by atoms with Crippen molar-refractivity contribution in [2.75, 3.05) is 0 Å². The second kappa shape index (κ2) is 5.63. The van der Waals surface area contributed by atoms with E-state index in [1.165, 1.54) is 0 Å². The van der Waals surface area contributed by atoms with Gasteiger partial charge < -0.3 is 4.57 Å². The van der Waals surface area contributed by atoms with E-state index in [1.807, 2.05) is 24.4 Å². The van der Waals surface area contributed by atoms with Crippen molar-refractivity contribution in [3.8, 4) is 11.4 Å². The molecule has 1 aromatic carbocycles. The molecule has 6 nitrogen and oxygen atoms in total. The molecular formula is C16H17N3O3. The lowest BCUT2D eigenvalue weighted by Gasteiger charge is -2.08. The molecule has 0 fully saturated rings. The topological polar surface area (TPSA) is 80.9 Å². The monoisotopic (exact) mass is 299 g/mol. The number of hydrogen-bond acceptors (Lipinski definition) is 4. The molecule has 0 aliphatic carbocycles. The molecule has 0 amide bonds. The van der Waals surface area contributed by atoms with Gasteiger partial charge in [-0.2, -0.15) is 0 Å². The van der Waals surface area contributed by atoms with E-state index in [0.717, 1.165) is 35.7 Å². The van der Waals surface area contributed by atoms with Gasteiger partial charge in [-0.05, 0) is 18.4 Å². The molecule has 6 heteroatoms. The smallest absolute Gasteiger partial charge is 0.347 e. The average molecular weight is 299 g/mol. The van der Waals surface area contributed by atoms with Crippen molar-refractivity contribution in [2.45, 2.75) is 26.8 Å². The molecule has 0 radical (unpaired) electrons. The number of benzene rings is 1. The number of nitrogens with zero attached hydrogens (tertiary/aromatic N) is 2. The van der Waals surface area contributed by atoms with E-state index in [0.29, 0.717) is 17.3 Å². The maximum absolute atomic E-state index is 11.2. The van der Waals surface area contributed by atoms with Crippen LogP contribution in [0.2, 0.25) is 0 Å². The van der Waals surface area contributed by atoms with Crippen LogP contribution >= 0.6 is 0 Å². The van der Waals surface area contributed by atoms with E-state index in [1.54, 1.807) is 0 Å². The lowest BCUT2D eigenvalue weighted by molar-refractivity contribution is 0.112. The Morgan fingerprint density at radius 1 is 1.41 bits per heavy atom. The van der Waals surface area contributed by atoms with Crippen molar-refractivity contribution < 1.29 is 9.32 Å². The van der Waals surface area contributed by atoms with E-state index >= 15 is 0 Å². The molecule has 3 aromatic rings. The number of fused-ring (bicyclic) bond motifs is 1. The van der Waals surface area contributed by atoms with E-state index in [4.69, 9.17) is 0 Å². The zero-order valence-corrected chi connectivity index (χ0v) is 12.5. The van der Waals surface area contributed by atoms with Gasteiger partial charge in [0.15, 0.2) is 12.1 Å². The van der Waals surface area contributed by atoms with Crippen LogP contribution in [0.1, 0.15) is 30.6 Å². The van der Waals surface area contributed by atoms with E-state index in [9.17, 15) is 9.59 Å². The molecule has 3 rings (SSSR count). The molecule has 22 heavy (non-hydrogen) atoms. The van der Waals surface area contributed by atoms with Crippen LogP contribution < -0.4 is 5.76 Å². The van der Waals surface area contributed by atoms with Crippen molar-refractivity contribution in [3.05, 3.63) is 40.5 Å². The molecule has 2 aromatic heterocycles. The largest absolute Gasteiger partial charge is 0.439 e. The summed E-state index contributed by atoms with van der Waals surface area (Å²) in [6, 6.07) is 5.60. The summed E-state index contributed by atoms with van der Waals surface area (Å²) >= 11 is 0. The Balaban J connectivity index is 2.10. The van der Waals surface area contributed by atoms with Crippen molar-refractivity contribution in [2.24, 2.45) is 5.92 Å². The summed E-state index contributed by atoms with van der Waals surface area (Å²) in [4.78, 5) is 24.9. The molecule has 114 valence electrons. The van der Waals surface area contributed by atoms with Crippen LogP contribution in [0, 0.1) is 5.92 Å². The van der Waals surface area contributed by atoms with Crippen molar-refractivity contribution in [3.63, 3.8) is 0 Å². The van der Waals surface area contributed by atoms with Gasteiger partial charge in [0.2, 0.25) is 0 Å². The first kappa shape index (κ1) is 14.3. The first-order valence-corrected chi connectivity index (χ1v) is 7.23. The third-order valence-electron chi connectivity index (χ3n) is 3.70. The Hall–Kier alpha value is -2.63. The highest BCUT2D eigenvalue weighted by Crippen LogP contribution is 2.26. The average Bonchev–Trinajstić information content (AvgIpc) is 3.08. The number of aryl methyl sites for hydroxylation is 1. The minimum absolute atomic E-state index is 0.385. The van der Waals surface area contributed by atoms with Crippen LogP contribution in [0.25, 0.3) is 22.3 Å². The zero-order valence-electron chi connectivity index (χ0n) is 12.5. The molecule has 0 unspecified atom stereocenters. The summed E-state index contributed by atoms with van der Waals surface area (Å²) in [6.45, 7) is 5.16. The first-order valence-electron chi connectivity index (χ1n) is 7.23. The van der Waals surface area contributed by atoms with Crippen molar-refractivity contribution in [1.29, 1.82) is 0 Å². The Labute approximate surface area is 126 Å². The Bertz CT molecular complexity index is 870. The molecule has 0 aliphatic heterocycles. The SMILES string of the molecule is CC(C)CCn1cc(C=O)c2ccc(-c3noc(=O)[nH]3)cc21. The van der Waals surface area contributed by atoms with Crippen molar-refractivity contribution in [1.82, 2.24) is 14.7 Å². The zero-order chi connectivity index (χ0) is 15.7. The highest BCUT2D eigenvalue weighted by atomic mass is 16.5. The lowest BCUT2D eigenvalue weighted by atomic mass is 10.1. The highest BCUT2D eigenvalue weighted by molar-refractivity contribution is 5.98. The summed E-state index contributed by atoms with van der Waals surface area (Å²) in [5.41, 5.74) is 2.36. The number of aldehydes is 1.